The molecule has 2 rings (SSSR count). The summed E-state index contributed by atoms with van der Waals surface area (Å²) in [5.41, 5.74) is 0. The van der Waals surface area contributed by atoms with Crippen molar-refractivity contribution in [2.75, 3.05) is 26.7 Å². The zero-order chi connectivity index (χ0) is 10.8. The van der Waals surface area contributed by atoms with Crippen LogP contribution in [0, 0.1) is 0 Å². The minimum atomic E-state index is -0.825. The third-order valence-electron chi connectivity index (χ3n) is 3.25. The van der Waals surface area contributed by atoms with Crippen molar-refractivity contribution in [3.05, 3.63) is 12.2 Å². The van der Waals surface area contributed by atoms with Crippen LogP contribution < -0.4 is 0 Å². The predicted molar refractivity (Wildman–Crippen MR) is 56.3 cm³/mol. The summed E-state index contributed by atoms with van der Waals surface area (Å²) >= 11 is 0. The highest BCUT2D eigenvalue weighted by molar-refractivity contribution is 5.87. The number of nitrogens with zero attached hydrogens (tertiary/aromatic N) is 2. The van der Waals surface area contributed by atoms with Gasteiger partial charge in [-0.3, -0.25) is 9.69 Å². The van der Waals surface area contributed by atoms with Crippen LogP contribution in [0.4, 0.5) is 4.39 Å². The van der Waals surface area contributed by atoms with Gasteiger partial charge in [-0.15, -0.1) is 0 Å². The van der Waals surface area contributed by atoms with Crippen molar-refractivity contribution in [3.63, 3.8) is 0 Å². The molecule has 15 heavy (non-hydrogen) atoms. The van der Waals surface area contributed by atoms with Gasteiger partial charge < -0.3 is 4.90 Å². The number of amides is 1. The first-order valence-electron chi connectivity index (χ1n) is 5.48. The van der Waals surface area contributed by atoms with E-state index in [1.54, 1.807) is 11.0 Å². The predicted octanol–water partition coefficient (Wildman–Crippen LogP) is 0.817. The number of likely N-dealkylation sites (tertiary alicyclic amines) is 2. The van der Waals surface area contributed by atoms with Crippen molar-refractivity contribution in [1.29, 1.82) is 0 Å². The van der Waals surface area contributed by atoms with Gasteiger partial charge in [0, 0.05) is 25.2 Å². The van der Waals surface area contributed by atoms with Crippen LogP contribution in [-0.2, 0) is 4.79 Å². The van der Waals surface area contributed by atoms with Crippen molar-refractivity contribution in [2.24, 2.45) is 0 Å². The summed E-state index contributed by atoms with van der Waals surface area (Å²) in [6, 6.07) is 0.401. The Morgan fingerprint density at radius 1 is 1.40 bits per heavy atom. The van der Waals surface area contributed by atoms with E-state index < -0.39 is 6.17 Å². The van der Waals surface area contributed by atoms with Crippen LogP contribution in [0.5, 0.6) is 0 Å². The van der Waals surface area contributed by atoms with E-state index in [-0.39, 0.29) is 12.5 Å². The highest BCUT2D eigenvalue weighted by Crippen LogP contribution is 2.16. The van der Waals surface area contributed by atoms with Crippen molar-refractivity contribution < 1.29 is 9.18 Å². The van der Waals surface area contributed by atoms with Crippen LogP contribution in [-0.4, -0.2) is 54.6 Å². The molecule has 1 amide bonds. The van der Waals surface area contributed by atoms with Gasteiger partial charge in [0.1, 0.15) is 6.17 Å². The molecule has 0 spiro atoms. The molecule has 2 saturated heterocycles. The van der Waals surface area contributed by atoms with Crippen LogP contribution in [0.25, 0.3) is 0 Å². The molecule has 84 valence electrons. The lowest BCUT2D eigenvalue weighted by molar-refractivity contribution is -0.125. The first-order valence-corrected chi connectivity index (χ1v) is 5.48. The van der Waals surface area contributed by atoms with Gasteiger partial charge in [0.05, 0.1) is 6.54 Å². The zero-order valence-corrected chi connectivity index (χ0v) is 9.03. The summed E-state index contributed by atoms with van der Waals surface area (Å²) in [4.78, 5) is 15.4. The molecule has 2 fully saturated rings. The third kappa shape index (κ3) is 2.37. The van der Waals surface area contributed by atoms with E-state index in [9.17, 15) is 9.18 Å². The number of hydrogen-bond acceptors (Lipinski definition) is 2. The smallest absolute Gasteiger partial charge is 0.246 e. The number of alkyl halides is 1. The second-order valence-electron chi connectivity index (χ2n) is 4.37. The number of hydrogen-bond donors (Lipinski definition) is 0. The molecule has 0 N–H and O–H groups in total. The Morgan fingerprint density at radius 3 is 2.67 bits per heavy atom. The third-order valence-corrected chi connectivity index (χ3v) is 3.25. The van der Waals surface area contributed by atoms with Crippen LogP contribution in [0.3, 0.4) is 0 Å². The largest absolute Gasteiger partial charge is 0.336 e. The molecule has 2 heterocycles. The summed E-state index contributed by atoms with van der Waals surface area (Å²) in [6.07, 6.45) is 4.30. The summed E-state index contributed by atoms with van der Waals surface area (Å²) in [5.74, 6) is -0.0459. The minimum Gasteiger partial charge on any atom is -0.336 e. The Labute approximate surface area is 89.5 Å². The van der Waals surface area contributed by atoms with Crippen LogP contribution in [0.15, 0.2) is 12.2 Å². The van der Waals surface area contributed by atoms with Gasteiger partial charge in [0.15, 0.2) is 0 Å². The molecule has 0 aromatic heterocycles. The monoisotopic (exact) mass is 212 g/mol. The number of rotatable bonds is 2. The lowest BCUT2D eigenvalue weighted by atomic mass is 10.0. The van der Waals surface area contributed by atoms with E-state index >= 15 is 0 Å². The summed E-state index contributed by atoms with van der Waals surface area (Å²) in [6.45, 7) is 1.92. The number of carbonyl (C=O) groups excluding carboxylic acids is 1. The molecular weight excluding hydrogens is 195 g/mol. The highest BCUT2D eigenvalue weighted by atomic mass is 19.1. The average molecular weight is 212 g/mol. The lowest BCUT2D eigenvalue weighted by Crippen LogP contribution is -2.43. The molecule has 2 unspecified atom stereocenters. The summed E-state index contributed by atoms with van der Waals surface area (Å²) in [5, 5.41) is 0. The Hall–Kier alpha value is -0.900. The number of halogens is 1. The molecule has 0 saturated carbocycles. The lowest BCUT2D eigenvalue weighted by Gasteiger charge is -2.35. The van der Waals surface area contributed by atoms with Gasteiger partial charge >= 0.3 is 0 Å². The van der Waals surface area contributed by atoms with E-state index in [1.165, 1.54) is 0 Å². The van der Waals surface area contributed by atoms with Crippen molar-refractivity contribution >= 4 is 5.91 Å². The Kier molecular flexibility index (Phi) is 3.05. The van der Waals surface area contributed by atoms with Gasteiger partial charge in [-0.05, 0) is 19.9 Å². The fraction of sp³-hybridized carbons (Fsp3) is 0.727. The summed E-state index contributed by atoms with van der Waals surface area (Å²) in [7, 11) is 2.04. The van der Waals surface area contributed by atoms with E-state index in [4.69, 9.17) is 0 Å². The van der Waals surface area contributed by atoms with E-state index in [0.29, 0.717) is 19.0 Å². The van der Waals surface area contributed by atoms with Gasteiger partial charge in [-0.2, -0.15) is 0 Å². The Bertz CT molecular complexity index is 280. The molecule has 0 aromatic carbocycles. The molecule has 0 bridgehead atoms. The molecular formula is C11H17FN2O. The first kappa shape index (κ1) is 10.6. The maximum atomic E-state index is 12.8. The van der Waals surface area contributed by atoms with Crippen LogP contribution in [0.2, 0.25) is 0 Å². The van der Waals surface area contributed by atoms with Gasteiger partial charge in [0.25, 0.3) is 0 Å². The normalized spacial score (nSPS) is 32.3. The van der Waals surface area contributed by atoms with Crippen molar-refractivity contribution in [1.82, 2.24) is 9.80 Å². The van der Waals surface area contributed by atoms with Gasteiger partial charge in [-0.25, -0.2) is 4.39 Å². The SMILES string of the molecule is CN1CCC1/C=C/C(=O)N1CCC(F)C1. The van der Waals surface area contributed by atoms with E-state index in [0.717, 1.165) is 13.0 Å². The zero-order valence-electron chi connectivity index (χ0n) is 9.03. The molecule has 3 nitrogen and oxygen atoms in total. The molecule has 0 radical (unpaired) electrons. The molecule has 2 aliphatic rings. The Morgan fingerprint density at radius 2 is 2.20 bits per heavy atom. The number of likely N-dealkylation sites (N-methyl/N-ethyl adjacent to an activating group) is 1. The fourth-order valence-electron chi connectivity index (χ4n) is 2.00. The second kappa shape index (κ2) is 4.31. The maximum absolute atomic E-state index is 12.8. The quantitative estimate of drug-likeness (QED) is 0.633. The average Bonchev–Trinajstić information content (AvgIpc) is 2.62. The first-order chi connectivity index (χ1) is 7.16. The fourth-order valence-corrected chi connectivity index (χ4v) is 2.00. The van der Waals surface area contributed by atoms with Crippen LogP contribution in [0.1, 0.15) is 12.8 Å². The molecule has 2 aliphatic heterocycles. The van der Waals surface area contributed by atoms with E-state index in [1.807, 2.05) is 13.1 Å². The maximum Gasteiger partial charge on any atom is 0.246 e. The van der Waals surface area contributed by atoms with Crippen molar-refractivity contribution in [2.45, 2.75) is 25.1 Å². The number of carbonyl (C=O) groups is 1. The topological polar surface area (TPSA) is 23.6 Å². The molecule has 0 aliphatic carbocycles. The van der Waals surface area contributed by atoms with Crippen molar-refractivity contribution in [3.8, 4) is 0 Å². The van der Waals surface area contributed by atoms with Gasteiger partial charge in [0.2, 0.25) is 5.91 Å². The minimum absolute atomic E-state index is 0.0459. The standard InChI is InChI=1S/C11H17FN2O/c1-13-6-5-10(13)2-3-11(15)14-7-4-9(12)8-14/h2-3,9-10H,4-8H2,1H3/b3-2+. The Balaban J connectivity index is 1.81. The molecule has 4 heteroatoms. The van der Waals surface area contributed by atoms with E-state index in [2.05, 4.69) is 4.90 Å². The second-order valence-corrected chi connectivity index (χ2v) is 4.37. The summed E-state index contributed by atoms with van der Waals surface area (Å²) < 4.78 is 12.8. The highest BCUT2D eigenvalue weighted by Gasteiger charge is 2.25. The molecule has 2 atom stereocenters. The van der Waals surface area contributed by atoms with Gasteiger partial charge in [-0.1, -0.05) is 6.08 Å². The molecule has 0 aromatic rings. The van der Waals surface area contributed by atoms with Crippen LogP contribution >= 0.6 is 0 Å².